The minimum atomic E-state index is 0.582. The van der Waals surface area contributed by atoms with Gasteiger partial charge in [-0.1, -0.05) is 13.8 Å². The van der Waals surface area contributed by atoms with Crippen LogP contribution in [-0.4, -0.2) is 30.0 Å². The first-order valence-electron chi connectivity index (χ1n) is 5.82. The summed E-state index contributed by atoms with van der Waals surface area (Å²) in [6, 6.07) is 0. The van der Waals surface area contributed by atoms with Gasteiger partial charge in [-0.2, -0.15) is 0 Å². The third kappa shape index (κ3) is 3.85. The van der Waals surface area contributed by atoms with Gasteiger partial charge in [0, 0.05) is 18.0 Å². The monoisotopic (exact) mass is 241 g/mol. The zero-order chi connectivity index (χ0) is 12.1. The van der Waals surface area contributed by atoms with Gasteiger partial charge in [-0.3, -0.25) is 0 Å². The summed E-state index contributed by atoms with van der Waals surface area (Å²) >= 11 is 1.74. The highest BCUT2D eigenvalue weighted by Crippen LogP contribution is 2.16. The zero-order valence-electron chi connectivity index (χ0n) is 10.7. The van der Waals surface area contributed by atoms with Crippen molar-refractivity contribution >= 4 is 11.3 Å². The molecule has 3 nitrogen and oxygen atoms in total. The molecule has 2 N–H and O–H groups in total. The number of hydrogen-bond acceptors (Lipinski definition) is 4. The molecule has 0 aliphatic carbocycles. The van der Waals surface area contributed by atoms with Crippen LogP contribution in [0.1, 0.15) is 24.4 Å². The molecule has 16 heavy (non-hydrogen) atoms. The number of aryl methyl sites for hydroxylation is 1. The molecule has 1 aromatic rings. The van der Waals surface area contributed by atoms with Crippen molar-refractivity contribution in [2.45, 2.75) is 27.3 Å². The topological polar surface area (TPSA) is 42.2 Å². The third-order valence-electron chi connectivity index (χ3n) is 3.05. The Hall–Kier alpha value is -0.450. The van der Waals surface area contributed by atoms with E-state index in [0.717, 1.165) is 25.3 Å². The zero-order valence-corrected chi connectivity index (χ0v) is 11.5. The van der Waals surface area contributed by atoms with Crippen LogP contribution >= 0.6 is 11.3 Å². The Kier molecular flexibility index (Phi) is 5.38. The van der Waals surface area contributed by atoms with Crippen LogP contribution in [-0.2, 0) is 6.54 Å². The number of nitrogens with two attached hydrogens (primary N) is 1. The molecule has 0 aliphatic rings. The second-order valence-electron chi connectivity index (χ2n) is 4.80. The highest BCUT2D eigenvalue weighted by molar-refractivity contribution is 7.09. The van der Waals surface area contributed by atoms with Crippen molar-refractivity contribution < 1.29 is 0 Å². The average Bonchev–Trinajstić information content (AvgIpc) is 2.60. The standard InChI is InChI=1S/C12H23N3S/c1-9(2)11(5-13)6-15(4)7-12-10(3)14-8-16-12/h8-9,11H,5-7,13H2,1-4H3. The molecule has 0 saturated carbocycles. The van der Waals surface area contributed by atoms with Gasteiger partial charge < -0.3 is 10.6 Å². The fourth-order valence-corrected chi connectivity index (χ4v) is 2.60. The molecule has 1 aromatic heterocycles. The number of rotatable bonds is 6. The summed E-state index contributed by atoms with van der Waals surface area (Å²) in [5, 5.41) is 0. The van der Waals surface area contributed by atoms with E-state index in [0.29, 0.717) is 11.8 Å². The van der Waals surface area contributed by atoms with Crippen molar-refractivity contribution in [3.8, 4) is 0 Å². The Morgan fingerprint density at radius 3 is 2.62 bits per heavy atom. The van der Waals surface area contributed by atoms with Crippen molar-refractivity contribution in [2.75, 3.05) is 20.1 Å². The second kappa shape index (κ2) is 6.33. The van der Waals surface area contributed by atoms with Gasteiger partial charge in [0.2, 0.25) is 0 Å². The summed E-state index contributed by atoms with van der Waals surface area (Å²) < 4.78 is 0. The van der Waals surface area contributed by atoms with Crippen LogP contribution in [0.4, 0.5) is 0 Å². The van der Waals surface area contributed by atoms with Crippen LogP contribution < -0.4 is 5.73 Å². The van der Waals surface area contributed by atoms with E-state index in [1.165, 1.54) is 4.88 Å². The van der Waals surface area contributed by atoms with Gasteiger partial charge >= 0.3 is 0 Å². The first-order chi connectivity index (χ1) is 7.54. The summed E-state index contributed by atoms with van der Waals surface area (Å²) in [4.78, 5) is 7.98. The summed E-state index contributed by atoms with van der Waals surface area (Å²) in [7, 11) is 2.16. The first kappa shape index (κ1) is 13.6. The fraction of sp³-hybridized carbons (Fsp3) is 0.750. The lowest BCUT2D eigenvalue weighted by Crippen LogP contribution is -2.32. The predicted molar refractivity (Wildman–Crippen MR) is 70.6 cm³/mol. The predicted octanol–water partition coefficient (Wildman–Crippen LogP) is 2.11. The molecule has 0 aliphatic heterocycles. The largest absolute Gasteiger partial charge is 0.330 e. The molecule has 1 heterocycles. The Balaban J connectivity index is 2.47. The molecule has 1 unspecified atom stereocenters. The van der Waals surface area contributed by atoms with Gasteiger partial charge in [-0.15, -0.1) is 11.3 Å². The van der Waals surface area contributed by atoms with Crippen LogP contribution in [0.25, 0.3) is 0 Å². The summed E-state index contributed by atoms with van der Waals surface area (Å²) in [5.41, 5.74) is 8.86. The van der Waals surface area contributed by atoms with Crippen LogP contribution in [0, 0.1) is 18.8 Å². The van der Waals surface area contributed by atoms with Crippen molar-refractivity contribution in [1.82, 2.24) is 9.88 Å². The van der Waals surface area contributed by atoms with Crippen molar-refractivity contribution in [3.05, 3.63) is 16.1 Å². The maximum absolute atomic E-state index is 5.79. The summed E-state index contributed by atoms with van der Waals surface area (Å²) in [5.74, 6) is 1.23. The number of aromatic nitrogens is 1. The SMILES string of the molecule is Cc1ncsc1CN(C)CC(CN)C(C)C. The molecule has 1 rings (SSSR count). The maximum atomic E-state index is 5.79. The maximum Gasteiger partial charge on any atom is 0.0798 e. The van der Waals surface area contributed by atoms with E-state index >= 15 is 0 Å². The highest BCUT2D eigenvalue weighted by Gasteiger charge is 2.15. The fourth-order valence-electron chi connectivity index (χ4n) is 1.75. The summed E-state index contributed by atoms with van der Waals surface area (Å²) in [6.45, 7) is 9.37. The lowest BCUT2D eigenvalue weighted by Gasteiger charge is -2.25. The quantitative estimate of drug-likeness (QED) is 0.829. The second-order valence-corrected chi connectivity index (χ2v) is 5.74. The Labute approximate surface area is 103 Å². The van der Waals surface area contributed by atoms with Crippen molar-refractivity contribution in [2.24, 2.45) is 17.6 Å². The van der Waals surface area contributed by atoms with Crippen LogP contribution in [0.15, 0.2) is 5.51 Å². The van der Waals surface area contributed by atoms with E-state index in [-0.39, 0.29) is 0 Å². The van der Waals surface area contributed by atoms with E-state index in [1.807, 2.05) is 5.51 Å². The molecular formula is C12H23N3S. The Morgan fingerprint density at radius 1 is 1.50 bits per heavy atom. The molecule has 0 bridgehead atoms. The molecule has 0 saturated heterocycles. The Bertz CT molecular complexity index is 309. The molecule has 1 atom stereocenters. The van der Waals surface area contributed by atoms with E-state index in [1.54, 1.807) is 11.3 Å². The average molecular weight is 241 g/mol. The summed E-state index contributed by atoms with van der Waals surface area (Å²) in [6.07, 6.45) is 0. The molecule has 0 radical (unpaired) electrons. The number of nitrogens with zero attached hydrogens (tertiary/aromatic N) is 2. The molecule has 92 valence electrons. The normalized spacial score (nSPS) is 13.7. The highest BCUT2D eigenvalue weighted by atomic mass is 32.1. The van der Waals surface area contributed by atoms with Gasteiger partial charge in [-0.05, 0) is 32.4 Å². The Morgan fingerprint density at radius 2 is 2.19 bits per heavy atom. The lowest BCUT2D eigenvalue weighted by molar-refractivity contribution is 0.235. The van der Waals surface area contributed by atoms with Gasteiger partial charge in [0.1, 0.15) is 0 Å². The van der Waals surface area contributed by atoms with Crippen molar-refractivity contribution in [3.63, 3.8) is 0 Å². The van der Waals surface area contributed by atoms with E-state index in [9.17, 15) is 0 Å². The molecule has 4 heteroatoms. The van der Waals surface area contributed by atoms with E-state index in [4.69, 9.17) is 5.73 Å². The number of hydrogen-bond donors (Lipinski definition) is 1. The van der Waals surface area contributed by atoms with Crippen LogP contribution in [0.5, 0.6) is 0 Å². The molecule has 0 fully saturated rings. The third-order valence-corrected chi connectivity index (χ3v) is 3.97. The molecule has 0 spiro atoms. The van der Waals surface area contributed by atoms with Gasteiger partial charge in [0.15, 0.2) is 0 Å². The first-order valence-corrected chi connectivity index (χ1v) is 6.70. The minimum absolute atomic E-state index is 0.582. The minimum Gasteiger partial charge on any atom is -0.330 e. The molecule has 0 aromatic carbocycles. The van der Waals surface area contributed by atoms with Gasteiger partial charge in [0.25, 0.3) is 0 Å². The van der Waals surface area contributed by atoms with E-state index < -0.39 is 0 Å². The van der Waals surface area contributed by atoms with Crippen molar-refractivity contribution in [1.29, 1.82) is 0 Å². The van der Waals surface area contributed by atoms with Gasteiger partial charge in [0.05, 0.1) is 11.2 Å². The molecular weight excluding hydrogens is 218 g/mol. The van der Waals surface area contributed by atoms with E-state index in [2.05, 4.69) is 37.7 Å². The molecule has 0 amide bonds. The lowest BCUT2D eigenvalue weighted by atomic mass is 9.95. The van der Waals surface area contributed by atoms with Gasteiger partial charge in [-0.25, -0.2) is 4.98 Å². The number of thiazole rings is 1. The smallest absolute Gasteiger partial charge is 0.0798 e. The van der Waals surface area contributed by atoms with Crippen LogP contribution in [0.3, 0.4) is 0 Å². The van der Waals surface area contributed by atoms with Crippen LogP contribution in [0.2, 0.25) is 0 Å².